The van der Waals surface area contributed by atoms with Crippen molar-refractivity contribution in [3.05, 3.63) is 58.1 Å². The van der Waals surface area contributed by atoms with Crippen LogP contribution in [-0.2, 0) is 7.05 Å². The second-order valence-electron chi connectivity index (χ2n) is 7.84. The summed E-state index contributed by atoms with van der Waals surface area (Å²) < 4.78 is 3.53. The van der Waals surface area contributed by atoms with Gasteiger partial charge in [-0.25, -0.2) is 4.68 Å². The summed E-state index contributed by atoms with van der Waals surface area (Å²) in [7, 11) is 1.89. The van der Waals surface area contributed by atoms with Crippen LogP contribution in [0.25, 0.3) is 16.7 Å². The van der Waals surface area contributed by atoms with Crippen LogP contribution in [0.1, 0.15) is 24.2 Å². The summed E-state index contributed by atoms with van der Waals surface area (Å²) in [6.45, 7) is 5.84. The molecule has 4 aromatic rings. The van der Waals surface area contributed by atoms with Crippen LogP contribution in [0.3, 0.4) is 0 Å². The Balaban J connectivity index is 1.63. The number of anilines is 3. The molecule has 0 unspecified atom stereocenters. The van der Waals surface area contributed by atoms with Gasteiger partial charge in [0.1, 0.15) is 17.2 Å². The number of hydrogen-bond donors (Lipinski definition) is 2. The average molecular weight is 403 g/mol. The highest BCUT2D eigenvalue weighted by Gasteiger charge is 2.21. The first-order chi connectivity index (χ1) is 14.5. The number of aromatic nitrogens is 5. The molecule has 2 N–H and O–H groups in total. The van der Waals surface area contributed by atoms with Crippen molar-refractivity contribution in [1.29, 1.82) is 0 Å². The predicted molar refractivity (Wildman–Crippen MR) is 119 cm³/mol. The van der Waals surface area contributed by atoms with Crippen LogP contribution in [0.2, 0.25) is 0 Å². The van der Waals surface area contributed by atoms with E-state index in [1.165, 1.54) is 0 Å². The molecule has 1 fully saturated rings. The van der Waals surface area contributed by atoms with Crippen molar-refractivity contribution >= 4 is 28.5 Å². The SMILES string of the molecule is Cc1cc2c(Nc3c(C)n(C)n(-c4ccccc4)c3=O)nc(N3CCCC3)nc2[nH]1. The van der Waals surface area contributed by atoms with Gasteiger partial charge in [-0.1, -0.05) is 18.2 Å². The number of para-hydroxylation sites is 1. The lowest BCUT2D eigenvalue weighted by Gasteiger charge is -2.16. The molecule has 8 heteroatoms. The Morgan fingerprint density at radius 3 is 2.53 bits per heavy atom. The Hall–Kier alpha value is -3.55. The van der Waals surface area contributed by atoms with E-state index >= 15 is 0 Å². The van der Waals surface area contributed by atoms with Gasteiger partial charge in [-0.2, -0.15) is 9.97 Å². The number of benzene rings is 1. The van der Waals surface area contributed by atoms with Gasteiger partial charge < -0.3 is 15.2 Å². The van der Waals surface area contributed by atoms with E-state index in [0.717, 1.165) is 54.0 Å². The summed E-state index contributed by atoms with van der Waals surface area (Å²) >= 11 is 0. The van der Waals surface area contributed by atoms with Crippen LogP contribution in [-0.4, -0.2) is 37.4 Å². The van der Waals surface area contributed by atoms with E-state index < -0.39 is 0 Å². The van der Waals surface area contributed by atoms with Gasteiger partial charge in [0.25, 0.3) is 5.56 Å². The Labute approximate surface area is 174 Å². The van der Waals surface area contributed by atoms with Crippen LogP contribution in [0.15, 0.2) is 41.2 Å². The van der Waals surface area contributed by atoms with Crippen molar-refractivity contribution in [2.75, 3.05) is 23.3 Å². The van der Waals surface area contributed by atoms with E-state index in [1.54, 1.807) is 4.68 Å². The van der Waals surface area contributed by atoms with Gasteiger partial charge >= 0.3 is 0 Å². The molecule has 1 aromatic carbocycles. The summed E-state index contributed by atoms with van der Waals surface area (Å²) in [5.74, 6) is 1.35. The van der Waals surface area contributed by atoms with Crippen molar-refractivity contribution in [1.82, 2.24) is 24.3 Å². The highest BCUT2D eigenvalue weighted by molar-refractivity contribution is 5.91. The Morgan fingerprint density at radius 1 is 1.07 bits per heavy atom. The molecule has 0 amide bonds. The van der Waals surface area contributed by atoms with Crippen LogP contribution >= 0.6 is 0 Å². The molecule has 0 bridgehead atoms. The largest absolute Gasteiger partial charge is 0.343 e. The Kier molecular flexibility index (Phi) is 4.34. The molecule has 0 spiro atoms. The highest BCUT2D eigenvalue weighted by atomic mass is 16.1. The zero-order valence-corrected chi connectivity index (χ0v) is 17.4. The zero-order chi connectivity index (χ0) is 20.8. The van der Waals surface area contributed by atoms with Gasteiger partial charge in [-0.3, -0.25) is 9.48 Å². The molecule has 1 saturated heterocycles. The second-order valence-corrected chi connectivity index (χ2v) is 7.84. The fourth-order valence-electron chi connectivity index (χ4n) is 4.11. The molecule has 4 heterocycles. The van der Waals surface area contributed by atoms with E-state index in [0.29, 0.717) is 17.5 Å². The predicted octanol–water partition coefficient (Wildman–Crippen LogP) is 3.41. The quantitative estimate of drug-likeness (QED) is 0.546. The molecule has 3 aromatic heterocycles. The third kappa shape index (κ3) is 2.96. The summed E-state index contributed by atoms with van der Waals surface area (Å²) in [5.41, 5.74) is 3.86. The minimum absolute atomic E-state index is 0.108. The number of fused-ring (bicyclic) bond motifs is 1. The topological polar surface area (TPSA) is 83.8 Å². The maximum atomic E-state index is 13.3. The van der Waals surface area contributed by atoms with Gasteiger partial charge in [0.15, 0.2) is 0 Å². The number of rotatable bonds is 4. The Bertz CT molecular complexity index is 1280. The lowest BCUT2D eigenvalue weighted by Crippen LogP contribution is -2.22. The molecule has 0 radical (unpaired) electrons. The molecule has 5 rings (SSSR count). The first kappa shape index (κ1) is 18.5. The van der Waals surface area contributed by atoms with Gasteiger partial charge in [-0.05, 0) is 44.9 Å². The van der Waals surface area contributed by atoms with Crippen molar-refractivity contribution < 1.29 is 0 Å². The van der Waals surface area contributed by atoms with Crippen LogP contribution in [0, 0.1) is 13.8 Å². The number of nitrogens with one attached hydrogen (secondary N) is 2. The number of aryl methyl sites for hydroxylation is 1. The molecule has 30 heavy (non-hydrogen) atoms. The summed E-state index contributed by atoms with van der Waals surface area (Å²) in [5, 5.41) is 4.22. The standard InChI is InChI=1S/C22H25N7O/c1-14-13-17-19(23-14)25-22(28-11-7-8-12-28)26-20(17)24-18-15(2)27(3)29(21(18)30)16-9-5-4-6-10-16/h4-6,9-10,13H,7-8,11-12H2,1-3H3,(H2,23,24,25,26). The maximum Gasteiger partial charge on any atom is 0.295 e. The number of nitrogens with zero attached hydrogens (tertiary/aromatic N) is 5. The first-order valence-corrected chi connectivity index (χ1v) is 10.3. The zero-order valence-electron chi connectivity index (χ0n) is 17.4. The van der Waals surface area contributed by atoms with Crippen LogP contribution < -0.4 is 15.8 Å². The van der Waals surface area contributed by atoms with Crippen molar-refractivity contribution in [2.24, 2.45) is 7.05 Å². The monoisotopic (exact) mass is 403 g/mol. The van der Waals surface area contributed by atoms with Gasteiger partial charge in [0, 0.05) is 25.8 Å². The normalized spacial score (nSPS) is 14.0. The number of aromatic amines is 1. The van der Waals surface area contributed by atoms with Crippen molar-refractivity contribution in [3.63, 3.8) is 0 Å². The Morgan fingerprint density at radius 2 is 1.80 bits per heavy atom. The molecule has 0 saturated carbocycles. The third-order valence-corrected chi connectivity index (χ3v) is 5.80. The molecule has 0 atom stereocenters. The van der Waals surface area contributed by atoms with Gasteiger partial charge in [-0.15, -0.1) is 0 Å². The minimum atomic E-state index is -0.108. The second kappa shape index (κ2) is 7.05. The van der Waals surface area contributed by atoms with Crippen LogP contribution in [0.5, 0.6) is 0 Å². The summed E-state index contributed by atoms with van der Waals surface area (Å²) in [6, 6.07) is 11.7. The molecule has 154 valence electrons. The van der Waals surface area contributed by atoms with E-state index in [1.807, 2.05) is 62.0 Å². The lowest BCUT2D eigenvalue weighted by molar-refractivity contribution is 0.630. The van der Waals surface area contributed by atoms with Crippen molar-refractivity contribution in [3.8, 4) is 5.69 Å². The molecular formula is C22H25N7O. The van der Waals surface area contributed by atoms with Crippen LogP contribution in [0.4, 0.5) is 17.5 Å². The molecule has 1 aliphatic rings. The molecule has 0 aliphatic carbocycles. The number of H-pyrrole nitrogens is 1. The average Bonchev–Trinajstić information content (AvgIpc) is 3.44. The first-order valence-electron chi connectivity index (χ1n) is 10.3. The fourth-order valence-corrected chi connectivity index (χ4v) is 4.11. The van der Waals surface area contributed by atoms with E-state index in [4.69, 9.17) is 9.97 Å². The minimum Gasteiger partial charge on any atom is -0.343 e. The fraction of sp³-hybridized carbons (Fsp3) is 0.318. The maximum absolute atomic E-state index is 13.3. The van der Waals surface area contributed by atoms with E-state index in [9.17, 15) is 4.79 Å². The summed E-state index contributed by atoms with van der Waals surface area (Å²) in [6.07, 6.45) is 2.29. The van der Waals surface area contributed by atoms with Gasteiger partial charge in [0.05, 0.1) is 16.8 Å². The van der Waals surface area contributed by atoms with E-state index in [-0.39, 0.29) is 5.56 Å². The van der Waals surface area contributed by atoms with Crippen molar-refractivity contribution in [2.45, 2.75) is 26.7 Å². The summed E-state index contributed by atoms with van der Waals surface area (Å²) in [4.78, 5) is 28.4. The lowest BCUT2D eigenvalue weighted by atomic mass is 10.3. The van der Waals surface area contributed by atoms with E-state index in [2.05, 4.69) is 15.2 Å². The number of hydrogen-bond acceptors (Lipinski definition) is 5. The molecule has 8 nitrogen and oxygen atoms in total. The van der Waals surface area contributed by atoms with Gasteiger partial charge in [0.2, 0.25) is 5.95 Å². The third-order valence-electron chi connectivity index (χ3n) is 5.80. The smallest absolute Gasteiger partial charge is 0.295 e. The molecule has 1 aliphatic heterocycles. The highest BCUT2D eigenvalue weighted by Crippen LogP contribution is 2.28. The molecular weight excluding hydrogens is 378 g/mol.